The maximum Gasteiger partial charge on any atom is 0.0510 e. The molecule has 166 valence electrons. The van der Waals surface area contributed by atoms with E-state index in [0.717, 1.165) is 41.9 Å². The third-order valence-electron chi connectivity index (χ3n) is 5.86. The van der Waals surface area contributed by atoms with E-state index in [-0.39, 0.29) is 0 Å². The Labute approximate surface area is 192 Å². The number of allylic oxidation sites excluding steroid dienone is 6. The second-order valence-electron chi connectivity index (χ2n) is 7.99. The lowest BCUT2D eigenvalue weighted by atomic mass is 9.94. The topological polar surface area (TPSA) is 63.3 Å². The third kappa shape index (κ3) is 5.44. The van der Waals surface area contributed by atoms with Crippen molar-refractivity contribution in [3.05, 3.63) is 106 Å². The van der Waals surface area contributed by atoms with Crippen LogP contribution in [0, 0.1) is 0 Å². The molecule has 3 rings (SSSR count). The van der Waals surface area contributed by atoms with Crippen molar-refractivity contribution in [2.75, 3.05) is 6.54 Å². The van der Waals surface area contributed by atoms with Gasteiger partial charge in [0.2, 0.25) is 0 Å². The van der Waals surface area contributed by atoms with Crippen molar-refractivity contribution in [2.24, 2.45) is 10.7 Å². The van der Waals surface area contributed by atoms with E-state index in [4.69, 9.17) is 5.73 Å². The van der Waals surface area contributed by atoms with Crippen molar-refractivity contribution < 1.29 is 0 Å². The number of nitrogens with one attached hydrogen (secondary N) is 1. The first kappa shape index (κ1) is 23.3. The Hall–Kier alpha value is -3.40. The van der Waals surface area contributed by atoms with Gasteiger partial charge in [0.15, 0.2) is 0 Å². The molecular weight excluding hydrogens is 392 g/mol. The molecule has 1 unspecified atom stereocenters. The van der Waals surface area contributed by atoms with Crippen molar-refractivity contribution in [1.82, 2.24) is 10.3 Å². The molecular formula is C28H34N4. The number of aromatic nitrogens is 1. The first-order chi connectivity index (χ1) is 15.6. The smallest absolute Gasteiger partial charge is 0.0510 e. The van der Waals surface area contributed by atoms with Gasteiger partial charge in [0.05, 0.1) is 5.69 Å². The van der Waals surface area contributed by atoms with Crippen LogP contribution in [0.25, 0.3) is 5.70 Å². The van der Waals surface area contributed by atoms with Gasteiger partial charge in [0.1, 0.15) is 0 Å². The molecule has 0 aliphatic heterocycles. The molecule has 1 aliphatic rings. The summed E-state index contributed by atoms with van der Waals surface area (Å²) in [6.07, 6.45) is 13.6. The largest absolute Gasteiger partial charge is 0.405 e. The van der Waals surface area contributed by atoms with E-state index >= 15 is 0 Å². The zero-order chi connectivity index (χ0) is 22.9. The van der Waals surface area contributed by atoms with Crippen molar-refractivity contribution in [3.8, 4) is 0 Å². The maximum absolute atomic E-state index is 5.52. The van der Waals surface area contributed by atoms with E-state index < -0.39 is 0 Å². The number of pyridine rings is 1. The zero-order valence-corrected chi connectivity index (χ0v) is 19.6. The normalized spacial score (nSPS) is 17.7. The van der Waals surface area contributed by atoms with E-state index in [0.29, 0.717) is 5.92 Å². The van der Waals surface area contributed by atoms with Gasteiger partial charge in [-0.25, -0.2) is 0 Å². The predicted molar refractivity (Wildman–Crippen MR) is 136 cm³/mol. The highest BCUT2D eigenvalue weighted by Crippen LogP contribution is 2.37. The van der Waals surface area contributed by atoms with Crippen LogP contribution >= 0.6 is 0 Å². The average Bonchev–Trinajstić information content (AvgIpc) is 3.25. The lowest BCUT2D eigenvalue weighted by molar-refractivity contribution is 0.771. The molecule has 4 nitrogen and oxygen atoms in total. The zero-order valence-electron chi connectivity index (χ0n) is 19.6. The molecule has 1 aliphatic carbocycles. The van der Waals surface area contributed by atoms with Crippen molar-refractivity contribution in [2.45, 2.75) is 46.5 Å². The Morgan fingerprint density at radius 1 is 1.25 bits per heavy atom. The molecule has 0 radical (unpaired) electrons. The molecule has 0 spiro atoms. The summed E-state index contributed by atoms with van der Waals surface area (Å²) in [6.45, 7) is 9.00. The summed E-state index contributed by atoms with van der Waals surface area (Å²) in [5.41, 5.74) is 14.9. The molecule has 0 fully saturated rings. The van der Waals surface area contributed by atoms with Crippen LogP contribution in [0.3, 0.4) is 0 Å². The molecule has 32 heavy (non-hydrogen) atoms. The first-order valence-corrected chi connectivity index (χ1v) is 11.3. The highest BCUT2D eigenvalue weighted by molar-refractivity contribution is 5.86. The van der Waals surface area contributed by atoms with Crippen LogP contribution in [-0.4, -0.2) is 17.7 Å². The Morgan fingerprint density at radius 2 is 2.09 bits per heavy atom. The number of rotatable bonds is 8. The summed E-state index contributed by atoms with van der Waals surface area (Å²) in [5, 5.41) is 3.62. The van der Waals surface area contributed by atoms with Crippen molar-refractivity contribution >= 4 is 11.9 Å². The highest BCUT2D eigenvalue weighted by Gasteiger charge is 2.25. The number of nitrogens with zero attached hydrogens (tertiary/aromatic N) is 2. The summed E-state index contributed by atoms with van der Waals surface area (Å²) >= 11 is 0. The number of hydrogen-bond donors (Lipinski definition) is 2. The van der Waals surface area contributed by atoms with E-state index in [1.54, 1.807) is 6.20 Å². The fraction of sp³-hybridized carbons (Fsp3) is 0.286. The average molecular weight is 427 g/mol. The number of nitrogens with two attached hydrogens (primary N) is 1. The van der Waals surface area contributed by atoms with Gasteiger partial charge >= 0.3 is 0 Å². The first-order valence-electron chi connectivity index (χ1n) is 11.3. The van der Waals surface area contributed by atoms with Gasteiger partial charge in [-0.2, -0.15) is 0 Å². The standard InChI is InChI=1S/C28H34N4/c1-5-27(32-21(4)26(19-30-6-2)20(3)10-8-16-29)24-12-7-11-23(18-24)25-15-14-22-13-9-17-31-28(22)25/h5,7-13,16-19,25,32H,6,14-15,29H2,1-4H3/b16-8-,20-10+,26-21?,27-5-,30-19?. The second-order valence-corrected chi connectivity index (χ2v) is 7.99. The number of aliphatic imine (C=N–C) groups is 1. The van der Waals surface area contributed by atoms with Crippen LogP contribution in [0.1, 0.15) is 62.4 Å². The van der Waals surface area contributed by atoms with Gasteiger partial charge in [-0.1, -0.05) is 36.4 Å². The summed E-state index contributed by atoms with van der Waals surface area (Å²) in [5.74, 6) is 0.362. The van der Waals surface area contributed by atoms with Gasteiger partial charge in [-0.15, -0.1) is 0 Å². The van der Waals surface area contributed by atoms with Crippen LogP contribution < -0.4 is 11.1 Å². The van der Waals surface area contributed by atoms with Crippen LogP contribution in [0.5, 0.6) is 0 Å². The Balaban J connectivity index is 1.91. The number of benzene rings is 1. The van der Waals surface area contributed by atoms with Crippen molar-refractivity contribution in [3.63, 3.8) is 0 Å². The Morgan fingerprint density at radius 3 is 2.84 bits per heavy atom. The van der Waals surface area contributed by atoms with E-state index in [1.165, 1.54) is 22.4 Å². The minimum Gasteiger partial charge on any atom is -0.405 e. The minimum atomic E-state index is 0.362. The SMILES string of the molecule is C/C=C(\NC(C)=C(C=NCC)/C(C)=C/C=C\N)c1cccc(C2CCc3cccnc32)c1. The fourth-order valence-electron chi connectivity index (χ4n) is 4.21. The van der Waals surface area contributed by atoms with Gasteiger partial charge in [-0.3, -0.25) is 9.98 Å². The minimum absolute atomic E-state index is 0.362. The molecule has 3 N–H and O–H groups in total. The van der Waals surface area contributed by atoms with Crippen LogP contribution in [0.2, 0.25) is 0 Å². The molecule has 1 atom stereocenters. The number of hydrogen-bond acceptors (Lipinski definition) is 4. The molecule has 1 aromatic carbocycles. The molecule has 0 saturated heterocycles. The summed E-state index contributed by atoms with van der Waals surface area (Å²) in [7, 11) is 0. The van der Waals surface area contributed by atoms with Gasteiger partial charge in [-0.05, 0) is 87.2 Å². The van der Waals surface area contributed by atoms with E-state index in [1.807, 2.05) is 37.6 Å². The predicted octanol–water partition coefficient (Wildman–Crippen LogP) is 5.89. The lowest BCUT2D eigenvalue weighted by Gasteiger charge is -2.17. The summed E-state index contributed by atoms with van der Waals surface area (Å²) in [4.78, 5) is 9.15. The van der Waals surface area contributed by atoms with Crippen LogP contribution in [-0.2, 0) is 6.42 Å². The molecule has 0 saturated carbocycles. The molecule has 0 amide bonds. The molecule has 2 aromatic rings. The molecule has 1 heterocycles. The fourth-order valence-corrected chi connectivity index (χ4v) is 4.21. The van der Waals surface area contributed by atoms with Crippen LogP contribution in [0.4, 0.5) is 0 Å². The lowest BCUT2D eigenvalue weighted by Crippen LogP contribution is -2.13. The molecule has 4 heteroatoms. The summed E-state index contributed by atoms with van der Waals surface area (Å²) < 4.78 is 0. The van der Waals surface area contributed by atoms with Gasteiger partial charge < -0.3 is 11.1 Å². The highest BCUT2D eigenvalue weighted by atomic mass is 14.9. The van der Waals surface area contributed by atoms with E-state index in [9.17, 15) is 0 Å². The summed E-state index contributed by atoms with van der Waals surface area (Å²) in [6, 6.07) is 13.1. The van der Waals surface area contributed by atoms with Gasteiger partial charge in [0.25, 0.3) is 0 Å². The maximum atomic E-state index is 5.52. The molecule has 0 bridgehead atoms. The second kappa shape index (κ2) is 11.3. The van der Waals surface area contributed by atoms with Gasteiger partial charge in [0, 0.05) is 41.8 Å². The quantitative estimate of drug-likeness (QED) is 0.408. The van der Waals surface area contributed by atoms with Crippen LogP contribution in [0.15, 0.2) is 88.9 Å². The van der Waals surface area contributed by atoms with E-state index in [2.05, 4.69) is 72.5 Å². The Kier molecular flexibility index (Phi) is 8.20. The molecule has 1 aromatic heterocycles. The number of aryl methyl sites for hydroxylation is 1. The monoisotopic (exact) mass is 426 g/mol. The Bertz CT molecular complexity index is 1090. The third-order valence-corrected chi connectivity index (χ3v) is 5.86. The number of fused-ring (bicyclic) bond motifs is 1. The van der Waals surface area contributed by atoms with Crippen molar-refractivity contribution in [1.29, 1.82) is 0 Å².